The normalized spacial score (nSPS) is 13.9. The highest BCUT2D eigenvalue weighted by Gasteiger charge is 2.28. The van der Waals surface area contributed by atoms with E-state index in [1.165, 1.54) is 6.20 Å². The Morgan fingerprint density at radius 1 is 1.05 bits per heavy atom. The summed E-state index contributed by atoms with van der Waals surface area (Å²) in [5.74, 6) is 0.539. The van der Waals surface area contributed by atoms with Gasteiger partial charge in [0.25, 0.3) is 0 Å². The SMILES string of the molecule is COc1nccc2c(C(Nc3cc(C#N)c4ncc(C#N)c(NCC(C)(C)C)c4c3)c3cn(C4CC4)nn3)cccc12. The largest absolute Gasteiger partial charge is 0.481 e. The molecule has 2 N–H and O–H groups in total. The lowest BCUT2D eigenvalue weighted by Crippen LogP contribution is -2.20. The average Bonchev–Trinajstić information content (AvgIpc) is 3.73. The quantitative estimate of drug-likeness (QED) is 0.231. The van der Waals surface area contributed by atoms with Gasteiger partial charge in [-0.3, -0.25) is 4.98 Å². The molecule has 0 amide bonds. The number of nitrogens with one attached hydrogen (secondary N) is 2. The third kappa shape index (κ3) is 5.15. The number of pyridine rings is 2. The van der Waals surface area contributed by atoms with Crippen molar-refractivity contribution in [1.29, 1.82) is 10.5 Å². The fourth-order valence-electron chi connectivity index (χ4n) is 5.14. The molecular weight excluding hydrogens is 526 g/mol. The van der Waals surface area contributed by atoms with E-state index in [1.54, 1.807) is 19.4 Å². The number of hydrogen-bond donors (Lipinski definition) is 2. The van der Waals surface area contributed by atoms with Crippen LogP contribution in [0.3, 0.4) is 0 Å². The molecule has 1 unspecified atom stereocenters. The lowest BCUT2D eigenvalue weighted by atomic mass is 9.96. The minimum absolute atomic E-state index is 0.0288. The van der Waals surface area contributed by atoms with Crippen LogP contribution in [0.25, 0.3) is 21.7 Å². The molecule has 10 heteroatoms. The van der Waals surface area contributed by atoms with Crippen molar-refractivity contribution in [2.75, 3.05) is 24.3 Å². The summed E-state index contributed by atoms with van der Waals surface area (Å²) >= 11 is 0. The fraction of sp³-hybridized carbons (Fsp3) is 0.312. The second kappa shape index (κ2) is 10.6. The summed E-state index contributed by atoms with van der Waals surface area (Å²) in [6.07, 6.45) is 7.43. The van der Waals surface area contributed by atoms with Crippen LogP contribution in [-0.2, 0) is 0 Å². The molecule has 1 aliphatic carbocycles. The molecule has 210 valence electrons. The topological polar surface area (TPSA) is 137 Å². The molecule has 0 spiro atoms. The van der Waals surface area contributed by atoms with Gasteiger partial charge in [-0.2, -0.15) is 10.5 Å². The molecule has 3 aromatic heterocycles. The molecule has 0 saturated heterocycles. The van der Waals surface area contributed by atoms with E-state index in [0.29, 0.717) is 51.9 Å². The average molecular weight is 558 g/mol. The molecule has 0 bridgehead atoms. The minimum atomic E-state index is -0.407. The fourth-order valence-corrected chi connectivity index (χ4v) is 5.14. The molecule has 10 nitrogen and oxygen atoms in total. The van der Waals surface area contributed by atoms with Gasteiger partial charge in [0.15, 0.2) is 0 Å². The zero-order valence-corrected chi connectivity index (χ0v) is 24.0. The van der Waals surface area contributed by atoms with Crippen molar-refractivity contribution in [3.8, 4) is 18.0 Å². The zero-order chi connectivity index (χ0) is 29.4. The van der Waals surface area contributed by atoms with Crippen LogP contribution < -0.4 is 15.4 Å². The van der Waals surface area contributed by atoms with E-state index in [9.17, 15) is 10.5 Å². The Morgan fingerprint density at radius 3 is 2.57 bits per heavy atom. The number of nitriles is 2. The van der Waals surface area contributed by atoms with Crippen molar-refractivity contribution in [1.82, 2.24) is 25.0 Å². The van der Waals surface area contributed by atoms with Gasteiger partial charge in [0, 0.05) is 35.4 Å². The number of rotatable bonds is 8. The summed E-state index contributed by atoms with van der Waals surface area (Å²) in [4.78, 5) is 8.88. The standard InChI is InChI=1S/C32H31N9O/c1-32(2,3)18-37-29-20(15-34)16-36-28-19(14-33)12-21(13-26(28)29)38-30(27-17-41(40-39-27)22-8-9-22)24-6-5-7-25-23(24)10-11-35-31(25)42-4/h5-7,10-13,16-17,22,30,38H,8-9,18H2,1-4H3,(H,36,37). The first-order chi connectivity index (χ1) is 20.3. The number of aromatic nitrogens is 5. The van der Waals surface area contributed by atoms with E-state index >= 15 is 0 Å². The van der Waals surface area contributed by atoms with Gasteiger partial charge >= 0.3 is 0 Å². The molecule has 5 aromatic rings. The van der Waals surface area contributed by atoms with Crippen LogP contribution in [0.15, 0.2) is 55.0 Å². The first-order valence-corrected chi connectivity index (χ1v) is 13.9. The Labute approximate surface area is 244 Å². The van der Waals surface area contributed by atoms with Crippen molar-refractivity contribution < 1.29 is 4.74 Å². The zero-order valence-electron chi connectivity index (χ0n) is 24.0. The smallest absolute Gasteiger partial charge is 0.221 e. The Hall–Kier alpha value is -5.22. The number of fused-ring (bicyclic) bond motifs is 2. The van der Waals surface area contributed by atoms with Crippen molar-refractivity contribution in [3.63, 3.8) is 0 Å². The Kier molecular flexibility index (Phi) is 6.83. The van der Waals surface area contributed by atoms with Crippen molar-refractivity contribution in [2.45, 2.75) is 45.7 Å². The number of nitrogens with zero attached hydrogens (tertiary/aromatic N) is 7. The lowest BCUT2D eigenvalue weighted by molar-refractivity contribution is 0.403. The summed E-state index contributed by atoms with van der Waals surface area (Å²) in [6, 6.07) is 16.2. The Bertz CT molecular complexity index is 1890. The summed E-state index contributed by atoms with van der Waals surface area (Å²) in [7, 11) is 1.61. The van der Waals surface area contributed by atoms with Crippen molar-refractivity contribution >= 4 is 33.1 Å². The number of hydrogen-bond acceptors (Lipinski definition) is 9. The van der Waals surface area contributed by atoms with Crippen LogP contribution in [0.5, 0.6) is 5.88 Å². The molecule has 0 radical (unpaired) electrons. The molecule has 1 saturated carbocycles. The summed E-state index contributed by atoms with van der Waals surface area (Å²) < 4.78 is 7.48. The highest BCUT2D eigenvalue weighted by Crippen LogP contribution is 2.38. The van der Waals surface area contributed by atoms with Gasteiger partial charge in [-0.15, -0.1) is 5.10 Å². The van der Waals surface area contributed by atoms with Gasteiger partial charge in [-0.05, 0) is 53.5 Å². The van der Waals surface area contributed by atoms with Gasteiger partial charge < -0.3 is 15.4 Å². The molecular formula is C32H31N9O. The van der Waals surface area contributed by atoms with Gasteiger partial charge in [0.05, 0.1) is 47.7 Å². The van der Waals surface area contributed by atoms with Crippen LogP contribution in [0.2, 0.25) is 0 Å². The monoisotopic (exact) mass is 557 g/mol. The van der Waals surface area contributed by atoms with Gasteiger partial charge in [-0.25, -0.2) is 9.67 Å². The summed E-state index contributed by atoms with van der Waals surface area (Å²) in [5.41, 5.74) is 4.40. The molecule has 42 heavy (non-hydrogen) atoms. The molecule has 3 heterocycles. The summed E-state index contributed by atoms with van der Waals surface area (Å²) in [5, 5.41) is 38.7. The van der Waals surface area contributed by atoms with E-state index in [0.717, 1.165) is 34.9 Å². The number of anilines is 2. The minimum Gasteiger partial charge on any atom is -0.481 e. The first-order valence-electron chi connectivity index (χ1n) is 13.9. The number of ether oxygens (including phenoxy) is 1. The predicted molar refractivity (Wildman–Crippen MR) is 161 cm³/mol. The van der Waals surface area contributed by atoms with Gasteiger partial charge in [0.2, 0.25) is 5.88 Å². The molecule has 2 aromatic carbocycles. The Balaban J connectivity index is 1.51. The highest BCUT2D eigenvalue weighted by atomic mass is 16.5. The Morgan fingerprint density at radius 2 is 1.86 bits per heavy atom. The second-order valence-electron chi connectivity index (χ2n) is 11.8. The number of methoxy groups -OCH3 is 1. The maximum absolute atomic E-state index is 10.1. The van der Waals surface area contributed by atoms with E-state index in [-0.39, 0.29) is 5.41 Å². The molecule has 1 atom stereocenters. The van der Waals surface area contributed by atoms with E-state index in [1.807, 2.05) is 41.2 Å². The van der Waals surface area contributed by atoms with Crippen LogP contribution in [0.1, 0.15) is 68.1 Å². The van der Waals surface area contributed by atoms with E-state index in [2.05, 4.69) is 63.8 Å². The maximum Gasteiger partial charge on any atom is 0.221 e. The molecule has 0 aliphatic heterocycles. The van der Waals surface area contributed by atoms with Crippen LogP contribution in [-0.4, -0.2) is 38.6 Å². The highest BCUT2D eigenvalue weighted by molar-refractivity contribution is 5.99. The van der Waals surface area contributed by atoms with Crippen molar-refractivity contribution in [3.05, 3.63) is 77.4 Å². The van der Waals surface area contributed by atoms with E-state index < -0.39 is 6.04 Å². The summed E-state index contributed by atoms with van der Waals surface area (Å²) in [6.45, 7) is 7.00. The third-order valence-electron chi connectivity index (χ3n) is 7.37. The van der Waals surface area contributed by atoms with Crippen LogP contribution in [0, 0.1) is 28.1 Å². The lowest BCUT2D eigenvalue weighted by Gasteiger charge is -2.23. The third-order valence-corrected chi connectivity index (χ3v) is 7.37. The van der Waals surface area contributed by atoms with Crippen LogP contribution in [0.4, 0.5) is 11.4 Å². The molecule has 6 rings (SSSR count). The van der Waals surface area contributed by atoms with Gasteiger partial charge in [-0.1, -0.05) is 38.1 Å². The maximum atomic E-state index is 10.1. The first kappa shape index (κ1) is 27.0. The second-order valence-corrected chi connectivity index (χ2v) is 11.8. The molecule has 1 aliphatic rings. The van der Waals surface area contributed by atoms with Crippen molar-refractivity contribution in [2.24, 2.45) is 5.41 Å². The number of benzene rings is 2. The predicted octanol–water partition coefficient (Wildman–Crippen LogP) is 6.12. The molecule has 1 fully saturated rings. The van der Waals surface area contributed by atoms with Gasteiger partial charge in [0.1, 0.15) is 17.8 Å². The van der Waals surface area contributed by atoms with E-state index in [4.69, 9.17) is 4.74 Å². The van der Waals surface area contributed by atoms with Crippen LogP contribution >= 0.6 is 0 Å².